The number of ether oxygens (including phenoxy) is 2. The van der Waals surface area contributed by atoms with Gasteiger partial charge in [-0.25, -0.2) is 9.18 Å². The van der Waals surface area contributed by atoms with Crippen molar-refractivity contribution in [3.05, 3.63) is 33.9 Å². The van der Waals surface area contributed by atoms with E-state index < -0.39 is 17.2 Å². The lowest BCUT2D eigenvalue weighted by Gasteiger charge is -2.24. The lowest BCUT2D eigenvalue weighted by Crippen LogP contribution is -2.35. The molecule has 1 aliphatic carbocycles. The maximum absolute atomic E-state index is 15.2. The fraction of sp³-hybridized carbons (Fsp3) is 0.500. The summed E-state index contributed by atoms with van der Waals surface area (Å²) in [7, 11) is 1.42. The number of hydrogen-bond donors (Lipinski definition) is 2. The standard InChI is InChI=1S/C20H24FN3O5.ClH.H2O/c1-3-29-15-9-23(8-14(15)22)17-13(21)6-11-16(19(17)28-2)24(10-4-5-10)7-12(18(11)25)20(26)27;;/h6-7,10,14-15H,3-5,8-9,22H2,1-2H3,(H,26,27);1H;1H2/t14-,15+;;/m0../s1. The molecule has 0 radical (unpaired) electrons. The highest BCUT2D eigenvalue weighted by atomic mass is 35.5. The quantitative estimate of drug-likeness (QED) is 0.664. The molecule has 2 fully saturated rings. The van der Waals surface area contributed by atoms with Crippen molar-refractivity contribution in [3.8, 4) is 5.75 Å². The molecule has 0 spiro atoms. The number of aromatic carboxylic acids is 1. The van der Waals surface area contributed by atoms with E-state index in [0.717, 1.165) is 18.9 Å². The molecule has 9 nitrogen and oxygen atoms in total. The van der Waals surface area contributed by atoms with E-state index in [0.29, 0.717) is 25.2 Å². The van der Waals surface area contributed by atoms with Crippen molar-refractivity contribution >= 4 is 35.0 Å². The number of anilines is 1. The maximum atomic E-state index is 15.2. The lowest BCUT2D eigenvalue weighted by molar-refractivity contribution is 0.0679. The van der Waals surface area contributed by atoms with Gasteiger partial charge >= 0.3 is 5.97 Å². The highest BCUT2D eigenvalue weighted by Crippen LogP contribution is 2.44. The zero-order valence-corrected chi connectivity index (χ0v) is 18.1. The molecule has 4 rings (SSSR count). The van der Waals surface area contributed by atoms with E-state index >= 15 is 4.39 Å². The van der Waals surface area contributed by atoms with Crippen LogP contribution in [0.15, 0.2) is 17.1 Å². The van der Waals surface area contributed by atoms with E-state index in [1.807, 2.05) is 6.92 Å². The first-order valence-corrected chi connectivity index (χ1v) is 9.68. The van der Waals surface area contributed by atoms with Crippen LogP contribution < -0.4 is 20.8 Å². The van der Waals surface area contributed by atoms with Crippen molar-refractivity contribution in [1.82, 2.24) is 4.57 Å². The van der Waals surface area contributed by atoms with Crippen molar-refractivity contribution < 1.29 is 29.2 Å². The second-order valence-corrected chi connectivity index (χ2v) is 7.51. The minimum Gasteiger partial charge on any atom is -0.492 e. The second-order valence-electron chi connectivity index (χ2n) is 7.51. The van der Waals surface area contributed by atoms with Gasteiger partial charge in [0.1, 0.15) is 11.3 Å². The predicted molar refractivity (Wildman–Crippen MR) is 116 cm³/mol. The van der Waals surface area contributed by atoms with E-state index in [1.165, 1.54) is 13.3 Å². The third-order valence-electron chi connectivity index (χ3n) is 5.58. The van der Waals surface area contributed by atoms with Crippen LogP contribution in [0.3, 0.4) is 0 Å². The lowest BCUT2D eigenvalue weighted by atomic mass is 10.1. The van der Waals surface area contributed by atoms with Crippen LogP contribution in [-0.2, 0) is 4.74 Å². The molecule has 2 atom stereocenters. The number of methoxy groups -OCH3 is 1. The Morgan fingerprint density at radius 3 is 2.58 bits per heavy atom. The van der Waals surface area contributed by atoms with Gasteiger partial charge in [0.2, 0.25) is 5.43 Å². The van der Waals surface area contributed by atoms with E-state index in [9.17, 15) is 14.7 Å². The highest BCUT2D eigenvalue weighted by Gasteiger charge is 2.36. The van der Waals surface area contributed by atoms with E-state index in [-0.39, 0.29) is 58.5 Å². The van der Waals surface area contributed by atoms with Crippen molar-refractivity contribution in [2.75, 3.05) is 31.7 Å². The molecule has 1 saturated heterocycles. The van der Waals surface area contributed by atoms with E-state index in [2.05, 4.69) is 0 Å². The first-order valence-electron chi connectivity index (χ1n) is 9.68. The number of carboxylic acids is 1. The van der Waals surface area contributed by atoms with Gasteiger partial charge < -0.3 is 35.3 Å². The Bertz CT molecular complexity index is 1040. The maximum Gasteiger partial charge on any atom is 0.341 e. The van der Waals surface area contributed by atoms with Gasteiger partial charge in [-0.3, -0.25) is 4.79 Å². The summed E-state index contributed by atoms with van der Waals surface area (Å²) in [5.41, 5.74) is 5.69. The molecule has 0 bridgehead atoms. The van der Waals surface area contributed by atoms with Crippen LogP contribution in [0.4, 0.5) is 10.1 Å². The molecule has 0 unspecified atom stereocenters. The Hall–Kier alpha value is -2.40. The van der Waals surface area contributed by atoms with Crippen molar-refractivity contribution in [2.45, 2.75) is 38.0 Å². The fourth-order valence-electron chi connectivity index (χ4n) is 4.10. The monoisotopic (exact) mass is 459 g/mol. The number of carboxylic acid groups (broad SMARTS) is 1. The number of benzene rings is 1. The Balaban J connectivity index is 0.00000171. The molecule has 1 saturated carbocycles. The molecule has 1 aromatic heterocycles. The summed E-state index contributed by atoms with van der Waals surface area (Å²) in [5.74, 6) is -1.77. The summed E-state index contributed by atoms with van der Waals surface area (Å²) in [5, 5.41) is 9.41. The van der Waals surface area contributed by atoms with Crippen LogP contribution in [0.5, 0.6) is 5.75 Å². The number of hydrogen-bond acceptors (Lipinski definition) is 6. The van der Waals surface area contributed by atoms with Crippen LogP contribution in [0.1, 0.15) is 36.2 Å². The van der Waals surface area contributed by atoms with E-state index in [4.69, 9.17) is 15.2 Å². The predicted octanol–water partition coefficient (Wildman–Crippen LogP) is 1.33. The molecular formula is C20H27ClFN3O6. The molecule has 0 amide bonds. The van der Waals surface area contributed by atoms with Crippen molar-refractivity contribution in [3.63, 3.8) is 0 Å². The van der Waals surface area contributed by atoms with Gasteiger partial charge in [0.15, 0.2) is 11.6 Å². The molecule has 2 aromatic rings. The normalized spacial score (nSPS) is 20.3. The number of halogens is 2. The summed E-state index contributed by atoms with van der Waals surface area (Å²) in [6, 6.07) is 0.885. The average molecular weight is 460 g/mol. The van der Waals surface area contributed by atoms with Crippen LogP contribution >= 0.6 is 12.4 Å². The Morgan fingerprint density at radius 1 is 1.35 bits per heavy atom. The zero-order chi connectivity index (χ0) is 20.9. The number of carbonyl (C=O) groups is 1. The van der Waals surface area contributed by atoms with Crippen LogP contribution in [0.25, 0.3) is 10.9 Å². The second kappa shape index (κ2) is 9.39. The van der Waals surface area contributed by atoms with Gasteiger partial charge in [0, 0.05) is 31.9 Å². The molecule has 5 N–H and O–H groups in total. The summed E-state index contributed by atoms with van der Waals surface area (Å²) in [4.78, 5) is 26.0. The summed E-state index contributed by atoms with van der Waals surface area (Å²) >= 11 is 0. The molecule has 31 heavy (non-hydrogen) atoms. The number of aromatic nitrogens is 1. The molecule has 1 aliphatic heterocycles. The molecule has 1 aromatic carbocycles. The van der Waals surface area contributed by atoms with E-state index in [1.54, 1.807) is 9.47 Å². The third-order valence-corrected chi connectivity index (χ3v) is 5.58. The number of pyridine rings is 1. The van der Waals surface area contributed by atoms with Crippen molar-refractivity contribution in [1.29, 1.82) is 0 Å². The Morgan fingerprint density at radius 2 is 2.03 bits per heavy atom. The number of fused-ring (bicyclic) bond motifs is 1. The van der Waals surface area contributed by atoms with Gasteiger partial charge in [-0.2, -0.15) is 0 Å². The smallest absolute Gasteiger partial charge is 0.341 e. The van der Waals surface area contributed by atoms with Gasteiger partial charge in [-0.05, 0) is 25.8 Å². The number of nitrogens with zero attached hydrogens (tertiary/aromatic N) is 2. The summed E-state index contributed by atoms with van der Waals surface area (Å²) in [6.45, 7) is 3.16. The minimum absolute atomic E-state index is 0. The Kier molecular flexibility index (Phi) is 7.53. The molecule has 11 heteroatoms. The first kappa shape index (κ1) is 24.9. The molecule has 2 aliphatic rings. The molecule has 172 valence electrons. The topological polar surface area (TPSA) is 139 Å². The third kappa shape index (κ3) is 4.20. The zero-order valence-electron chi connectivity index (χ0n) is 17.3. The van der Waals surface area contributed by atoms with Gasteiger partial charge in [-0.1, -0.05) is 0 Å². The van der Waals surface area contributed by atoms with Crippen LogP contribution in [0.2, 0.25) is 0 Å². The van der Waals surface area contributed by atoms with Crippen molar-refractivity contribution in [2.24, 2.45) is 5.73 Å². The molecule has 2 heterocycles. The van der Waals surface area contributed by atoms with Crippen LogP contribution in [-0.4, -0.2) is 60.1 Å². The SMILES string of the molecule is CCO[C@@H]1CN(c2c(F)cc3c(=O)c(C(=O)O)cn(C4CC4)c3c2OC)C[C@@H]1N.Cl.O. The van der Waals surface area contributed by atoms with Gasteiger partial charge in [0.25, 0.3) is 0 Å². The largest absolute Gasteiger partial charge is 0.492 e. The summed E-state index contributed by atoms with van der Waals surface area (Å²) in [6.07, 6.45) is 2.81. The highest BCUT2D eigenvalue weighted by molar-refractivity contribution is 5.97. The van der Waals surface area contributed by atoms with Gasteiger partial charge in [-0.15, -0.1) is 12.4 Å². The number of nitrogens with two attached hydrogens (primary N) is 1. The first-order chi connectivity index (χ1) is 13.9. The molecular weight excluding hydrogens is 433 g/mol. The summed E-state index contributed by atoms with van der Waals surface area (Å²) < 4.78 is 28.2. The minimum atomic E-state index is -1.33. The number of rotatable bonds is 6. The van der Waals surface area contributed by atoms with Gasteiger partial charge in [0.05, 0.1) is 30.2 Å². The fourth-order valence-corrected chi connectivity index (χ4v) is 4.10. The Labute approximate surface area is 184 Å². The average Bonchev–Trinajstić information content (AvgIpc) is 3.45. The van der Waals surface area contributed by atoms with Crippen LogP contribution in [0, 0.1) is 5.82 Å².